The first-order valence-corrected chi connectivity index (χ1v) is 15.9. The van der Waals surface area contributed by atoms with E-state index in [-0.39, 0.29) is 12.0 Å². The maximum absolute atomic E-state index is 11.4. The van der Waals surface area contributed by atoms with Gasteiger partial charge in [0, 0.05) is 32.3 Å². The Kier molecular flexibility index (Phi) is 11.6. The van der Waals surface area contributed by atoms with Gasteiger partial charge in [0.05, 0.1) is 17.5 Å². The van der Waals surface area contributed by atoms with E-state index in [1.54, 1.807) is 7.05 Å². The summed E-state index contributed by atoms with van der Waals surface area (Å²) >= 11 is 0. The van der Waals surface area contributed by atoms with Crippen molar-refractivity contribution in [1.29, 1.82) is 0 Å². The summed E-state index contributed by atoms with van der Waals surface area (Å²) in [5, 5.41) is 38.9. The predicted octanol–water partition coefficient (Wildman–Crippen LogP) is 2.87. The van der Waals surface area contributed by atoms with Crippen molar-refractivity contribution < 1.29 is 24.9 Å². The van der Waals surface area contributed by atoms with Gasteiger partial charge in [-0.3, -0.25) is 4.79 Å². The second kappa shape index (κ2) is 16.0. The molecule has 246 valence electrons. The number of fused-ring (bicyclic) bond motifs is 1. The fourth-order valence-electron chi connectivity index (χ4n) is 6.24. The van der Waals surface area contributed by atoms with Crippen molar-refractivity contribution in [2.75, 3.05) is 45.1 Å². The Balaban J connectivity index is 1.13. The number of nitrogens with one attached hydrogen (secondary N) is 2. The number of hydrogen-bond donors (Lipinski definition) is 6. The second-order valence-corrected chi connectivity index (χ2v) is 11.9. The molecule has 0 bridgehead atoms. The third kappa shape index (κ3) is 8.39. The predicted molar refractivity (Wildman–Crippen MR) is 177 cm³/mol. The largest absolute Gasteiger partial charge is 0.480 e. The SMILES string of the molecule is CNc1ncnc2c1ccn2[C@@H]1C[C@H](CN(CCCNCCc2cccc(Oc3ccccc3)c2)CCC(N)C(=O)O)[C@@H](O)[C@H]1O. The molecule has 4 aromatic rings. The molecule has 7 N–H and O–H groups in total. The lowest BCUT2D eigenvalue weighted by Gasteiger charge is -2.28. The molecule has 1 fully saturated rings. The number of carboxylic acid groups (broad SMARTS) is 1. The van der Waals surface area contributed by atoms with E-state index in [9.17, 15) is 20.1 Å². The van der Waals surface area contributed by atoms with E-state index in [2.05, 4.69) is 37.6 Å². The quantitative estimate of drug-likeness (QED) is 0.0947. The monoisotopic (exact) mass is 631 g/mol. The number of rotatable bonds is 17. The van der Waals surface area contributed by atoms with Crippen LogP contribution in [-0.2, 0) is 11.2 Å². The number of nitrogens with two attached hydrogens (primary N) is 1. The molecule has 1 aliphatic carbocycles. The van der Waals surface area contributed by atoms with Crippen LogP contribution in [0.25, 0.3) is 11.0 Å². The highest BCUT2D eigenvalue weighted by molar-refractivity contribution is 5.87. The van der Waals surface area contributed by atoms with Gasteiger partial charge in [-0.05, 0) is 81.2 Å². The number of carboxylic acids is 1. The molecule has 5 atom stereocenters. The number of aliphatic hydroxyl groups is 2. The van der Waals surface area contributed by atoms with Crippen molar-refractivity contribution in [3.63, 3.8) is 0 Å². The van der Waals surface area contributed by atoms with Crippen LogP contribution in [0, 0.1) is 5.92 Å². The van der Waals surface area contributed by atoms with Crippen LogP contribution in [0.15, 0.2) is 73.2 Å². The Hall–Kier alpha value is -4.07. The number of hydrogen-bond acceptors (Lipinski definition) is 10. The summed E-state index contributed by atoms with van der Waals surface area (Å²) in [6.45, 7) is 3.29. The normalized spacial score (nSPS) is 20.3. The summed E-state index contributed by atoms with van der Waals surface area (Å²) in [6.07, 6.45) is 4.01. The number of aliphatic carboxylic acids is 1. The standard InChI is InChI=1S/C34H45N7O5/c1-36-32-27-12-18-41(33(27)39-22-38-32)29-20-24(30(42)31(29)43)21-40(17-13-28(35)34(44)45)16-6-14-37-15-11-23-7-5-10-26(19-23)46-25-8-3-2-4-9-25/h2-5,7-10,12,18-19,22,24,28-31,37,42-43H,6,11,13-17,20-21,35H2,1H3,(H,44,45)(H,36,38,39)/t24-,28?,29-,30-,31+/m1/s1. The molecule has 1 aliphatic rings. The van der Waals surface area contributed by atoms with Crippen LogP contribution in [0.1, 0.15) is 30.9 Å². The van der Waals surface area contributed by atoms with Crippen LogP contribution in [-0.4, -0.2) is 98.7 Å². The van der Waals surface area contributed by atoms with Crippen LogP contribution < -0.4 is 21.1 Å². The van der Waals surface area contributed by atoms with Crippen LogP contribution in [0.2, 0.25) is 0 Å². The van der Waals surface area contributed by atoms with Crippen LogP contribution in [0.5, 0.6) is 11.5 Å². The Morgan fingerprint density at radius 2 is 1.87 bits per heavy atom. The van der Waals surface area contributed by atoms with Gasteiger partial charge in [-0.2, -0.15) is 0 Å². The topological polar surface area (TPSA) is 171 Å². The van der Waals surface area contributed by atoms with Gasteiger partial charge in [0.25, 0.3) is 0 Å². The molecule has 1 unspecified atom stereocenters. The molecular weight excluding hydrogens is 586 g/mol. The van der Waals surface area contributed by atoms with Crippen molar-refractivity contribution in [2.24, 2.45) is 11.7 Å². The highest BCUT2D eigenvalue weighted by Gasteiger charge is 2.43. The zero-order chi connectivity index (χ0) is 32.5. The highest BCUT2D eigenvalue weighted by atomic mass is 16.5. The highest BCUT2D eigenvalue weighted by Crippen LogP contribution is 2.38. The third-order valence-corrected chi connectivity index (χ3v) is 8.74. The van der Waals surface area contributed by atoms with Crippen LogP contribution in [0.4, 0.5) is 5.82 Å². The molecule has 0 spiro atoms. The molecular formula is C34H45N7O5. The molecule has 0 saturated heterocycles. The summed E-state index contributed by atoms with van der Waals surface area (Å²) in [5.41, 5.74) is 7.71. The molecule has 5 rings (SSSR count). The van der Waals surface area contributed by atoms with E-state index in [4.69, 9.17) is 10.5 Å². The molecule has 0 aliphatic heterocycles. The number of aromatic nitrogens is 3. The Labute approximate surface area is 269 Å². The molecule has 1 saturated carbocycles. The molecule has 12 nitrogen and oxygen atoms in total. The second-order valence-electron chi connectivity index (χ2n) is 11.9. The number of anilines is 1. The lowest BCUT2D eigenvalue weighted by molar-refractivity contribution is -0.138. The van der Waals surface area contributed by atoms with Crippen molar-refractivity contribution in [1.82, 2.24) is 24.8 Å². The van der Waals surface area contributed by atoms with E-state index in [0.717, 1.165) is 42.8 Å². The van der Waals surface area contributed by atoms with Crippen molar-refractivity contribution in [3.05, 3.63) is 78.8 Å². The molecule has 2 aromatic carbocycles. The Morgan fingerprint density at radius 1 is 1.07 bits per heavy atom. The maximum atomic E-state index is 11.4. The smallest absolute Gasteiger partial charge is 0.320 e. The summed E-state index contributed by atoms with van der Waals surface area (Å²) < 4.78 is 7.88. The van der Waals surface area contributed by atoms with Gasteiger partial charge in [0.2, 0.25) is 0 Å². The van der Waals surface area contributed by atoms with Gasteiger partial charge in [0.15, 0.2) is 0 Å². The fraction of sp³-hybridized carbons (Fsp3) is 0.441. The molecule has 2 aromatic heterocycles. The molecule has 2 heterocycles. The lowest BCUT2D eigenvalue weighted by atomic mass is 10.0. The van der Waals surface area contributed by atoms with Crippen molar-refractivity contribution >= 4 is 22.8 Å². The third-order valence-electron chi connectivity index (χ3n) is 8.74. The number of aliphatic hydroxyl groups excluding tert-OH is 2. The van der Waals surface area contributed by atoms with Crippen LogP contribution >= 0.6 is 0 Å². The molecule has 46 heavy (non-hydrogen) atoms. The molecule has 12 heteroatoms. The number of para-hydroxylation sites is 1. The number of ether oxygens (including phenoxy) is 1. The van der Waals surface area contributed by atoms with Gasteiger partial charge >= 0.3 is 5.97 Å². The van der Waals surface area contributed by atoms with Gasteiger partial charge < -0.3 is 45.9 Å². The number of benzene rings is 2. The van der Waals surface area contributed by atoms with Gasteiger partial charge in [-0.25, -0.2) is 9.97 Å². The summed E-state index contributed by atoms with van der Waals surface area (Å²) in [5.74, 6) is 1.08. The first-order chi connectivity index (χ1) is 22.3. The van der Waals surface area contributed by atoms with Crippen LogP contribution in [0.3, 0.4) is 0 Å². The molecule has 0 amide bonds. The summed E-state index contributed by atoms with van der Waals surface area (Å²) in [4.78, 5) is 22.2. The van der Waals surface area contributed by atoms with Gasteiger partial charge in [-0.15, -0.1) is 0 Å². The first kappa shape index (κ1) is 33.3. The van der Waals surface area contributed by atoms with E-state index >= 15 is 0 Å². The maximum Gasteiger partial charge on any atom is 0.320 e. The zero-order valence-electron chi connectivity index (χ0n) is 26.2. The minimum atomic E-state index is -1.03. The van der Waals surface area contributed by atoms with Crippen molar-refractivity contribution in [3.8, 4) is 11.5 Å². The Bertz CT molecular complexity index is 1550. The zero-order valence-corrected chi connectivity index (χ0v) is 26.2. The first-order valence-electron chi connectivity index (χ1n) is 15.9. The number of nitrogens with zero attached hydrogens (tertiary/aromatic N) is 4. The number of carbonyl (C=O) groups is 1. The van der Waals surface area contributed by atoms with E-state index < -0.39 is 24.2 Å². The van der Waals surface area contributed by atoms with E-state index in [0.29, 0.717) is 43.9 Å². The minimum absolute atomic E-state index is 0.206. The van der Waals surface area contributed by atoms with Crippen molar-refractivity contribution in [2.45, 2.75) is 50.0 Å². The van der Waals surface area contributed by atoms with Gasteiger partial charge in [-0.1, -0.05) is 30.3 Å². The Morgan fingerprint density at radius 3 is 2.65 bits per heavy atom. The fourth-order valence-corrected chi connectivity index (χ4v) is 6.24. The average molecular weight is 632 g/mol. The van der Waals surface area contributed by atoms with E-state index in [1.165, 1.54) is 11.9 Å². The summed E-state index contributed by atoms with van der Waals surface area (Å²) in [6, 6.07) is 18.4. The molecule has 0 radical (unpaired) electrons. The average Bonchev–Trinajstić information content (AvgIpc) is 3.61. The van der Waals surface area contributed by atoms with Gasteiger partial charge in [0.1, 0.15) is 41.4 Å². The van der Waals surface area contributed by atoms with E-state index in [1.807, 2.05) is 59.3 Å². The lowest BCUT2D eigenvalue weighted by Crippen LogP contribution is -2.40. The minimum Gasteiger partial charge on any atom is -0.480 e. The summed E-state index contributed by atoms with van der Waals surface area (Å²) in [7, 11) is 1.80.